The summed E-state index contributed by atoms with van der Waals surface area (Å²) in [6.45, 7) is 14.1. The van der Waals surface area contributed by atoms with Crippen molar-refractivity contribution in [2.45, 2.75) is 46.2 Å². The summed E-state index contributed by atoms with van der Waals surface area (Å²) in [6.07, 6.45) is 0.0818. The van der Waals surface area contributed by atoms with Crippen LogP contribution in [0.3, 0.4) is 0 Å². The van der Waals surface area contributed by atoms with Crippen molar-refractivity contribution in [3.05, 3.63) is 40.3 Å². The molecule has 0 saturated carbocycles. The van der Waals surface area contributed by atoms with Crippen LogP contribution < -0.4 is 16.0 Å². The number of hydrogen-bond donors (Lipinski definition) is 3. The Hall–Kier alpha value is -3.38. The van der Waals surface area contributed by atoms with Crippen molar-refractivity contribution >= 4 is 23.4 Å². The second-order valence-electron chi connectivity index (χ2n) is 11.5. The molecule has 0 fully saturated rings. The van der Waals surface area contributed by atoms with Gasteiger partial charge in [-0.1, -0.05) is 36.7 Å². The van der Waals surface area contributed by atoms with Gasteiger partial charge in [0.25, 0.3) is 0 Å². The van der Waals surface area contributed by atoms with Gasteiger partial charge in [-0.15, -0.1) is 0 Å². The third-order valence-electron chi connectivity index (χ3n) is 6.81. The molecule has 1 rings (SSSR count). The maximum Gasteiger partial charge on any atom is 0.246 e. The first-order chi connectivity index (χ1) is 24.7. The predicted molar refractivity (Wildman–Crippen MR) is 189 cm³/mol. The highest BCUT2D eigenvalue weighted by Crippen LogP contribution is 2.09. The Labute approximate surface area is 301 Å². The minimum absolute atomic E-state index is 0.0818. The summed E-state index contributed by atoms with van der Waals surface area (Å²) in [6, 6.07) is 5.77. The summed E-state index contributed by atoms with van der Waals surface area (Å²) in [4.78, 5) is 40.5. The minimum Gasteiger partial charge on any atom is -0.379 e. The number of hydrogen-bond acceptors (Lipinski definition) is 12. The summed E-state index contributed by atoms with van der Waals surface area (Å²) in [5.74, 6) is -1.29. The van der Waals surface area contributed by atoms with E-state index in [-0.39, 0.29) is 30.8 Å². The molecule has 17 heteroatoms. The molecule has 3 N–H and O–H groups in total. The molecule has 1 aromatic rings. The lowest BCUT2D eigenvalue weighted by atomic mass is 10.0. The van der Waals surface area contributed by atoms with Crippen LogP contribution in [0.15, 0.2) is 29.4 Å². The Morgan fingerprint density at radius 3 is 1.45 bits per heavy atom. The molecule has 17 nitrogen and oxygen atoms in total. The third-order valence-corrected chi connectivity index (χ3v) is 6.81. The third kappa shape index (κ3) is 26.1. The Bertz CT molecular complexity index is 1110. The monoisotopic (exact) mass is 726 g/mol. The Balaban J connectivity index is 1.92. The van der Waals surface area contributed by atoms with E-state index in [9.17, 15) is 14.4 Å². The summed E-state index contributed by atoms with van der Waals surface area (Å²) in [7, 11) is 0. The first kappa shape index (κ1) is 45.6. The molecule has 0 aliphatic heterocycles. The van der Waals surface area contributed by atoms with Gasteiger partial charge in [-0.2, -0.15) is 0 Å². The molecule has 0 heterocycles. The van der Waals surface area contributed by atoms with E-state index in [1.54, 1.807) is 19.1 Å². The van der Waals surface area contributed by atoms with Gasteiger partial charge in [0, 0.05) is 23.6 Å². The summed E-state index contributed by atoms with van der Waals surface area (Å²) in [5.41, 5.74) is 9.86. The smallest absolute Gasteiger partial charge is 0.246 e. The number of rotatable bonds is 33. The Kier molecular flexibility index (Phi) is 28.1. The number of aryl methyl sites for hydroxylation is 1. The van der Waals surface area contributed by atoms with E-state index >= 15 is 0 Å². The van der Waals surface area contributed by atoms with Crippen LogP contribution >= 0.6 is 0 Å². The fourth-order valence-electron chi connectivity index (χ4n) is 3.99. The van der Waals surface area contributed by atoms with Gasteiger partial charge >= 0.3 is 0 Å². The zero-order valence-electron chi connectivity index (χ0n) is 30.6. The number of carbonyl (C=O) groups is 3. The van der Waals surface area contributed by atoms with Gasteiger partial charge in [0.05, 0.1) is 106 Å². The molecule has 0 saturated heterocycles. The van der Waals surface area contributed by atoms with E-state index in [4.69, 9.17) is 43.4 Å². The van der Waals surface area contributed by atoms with Gasteiger partial charge in [0.15, 0.2) is 0 Å². The fourth-order valence-corrected chi connectivity index (χ4v) is 3.99. The highest BCUT2D eigenvalue weighted by molar-refractivity contribution is 5.98. The predicted octanol–water partition coefficient (Wildman–Crippen LogP) is 2.41. The second kappa shape index (κ2) is 31.4. The van der Waals surface area contributed by atoms with Gasteiger partial charge in [0.1, 0.15) is 12.1 Å². The minimum atomic E-state index is -0.793. The first-order valence-corrected chi connectivity index (χ1v) is 17.3. The quantitative estimate of drug-likeness (QED) is 0.0415. The number of ether oxygens (including phenoxy) is 8. The van der Waals surface area contributed by atoms with E-state index < -0.39 is 18.0 Å². The number of amides is 3. The molecule has 0 bridgehead atoms. The van der Waals surface area contributed by atoms with Crippen molar-refractivity contribution in [3.63, 3.8) is 0 Å². The number of anilines is 1. The second-order valence-corrected chi connectivity index (χ2v) is 11.5. The zero-order chi connectivity index (χ0) is 37.4. The molecule has 1 aromatic carbocycles. The van der Waals surface area contributed by atoms with Gasteiger partial charge in [-0.05, 0) is 37.4 Å². The highest BCUT2D eigenvalue weighted by Gasteiger charge is 2.27. The highest BCUT2D eigenvalue weighted by atomic mass is 16.6. The van der Waals surface area contributed by atoms with Crippen molar-refractivity contribution in [1.82, 2.24) is 10.6 Å². The molecule has 0 unspecified atom stereocenters. The number of nitrogens with one attached hydrogen (secondary N) is 3. The lowest BCUT2D eigenvalue weighted by molar-refractivity contribution is -0.132. The molecule has 51 heavy (non-hydrogen) atoms. The maximum absolute atomic E-state index is 12.8. The first-order valence-electron chi connectivity index (χ1n) is 17.3. The van der Waals surface area contributed by atoms with Crippen LogP contribution in [-0.2, 0) is 52.3 Å². The Morgan fingerprint density at radius 1 is 0.627 bits per heavy atom. The summed E-state index contributed by atoms with van der Waals surface area (Å²) in [5, 5.41) is 11.6. The molecule has 0 aromatic heterocycles. The number of benzene rings is 1. The maximum atomic E-state index is 12.8. The molecule has 0 radical (unpaired) electrons. The zero-order valence-corrected chi connectivity index (χ0v) is 30.6. The van der Waals surface area contributed by atoms with Crippen molar-refractivity contribution in [3.8, 4) is 0 Å². The van der Waals surface area contributed by atoms with Crippen molar-refractivity contribution in [2.24, 2.45) is 11.0 Å². The standard InChI is InChI=1S/C34H58N6O11/c1-27(2)32(34(43)37-29(4)33(42)38-30-7-5-28(3)6-8-30)39-31(41)9-11-44-13-15-46-17-19-48-21-23-50-25-26-51-24-22-49-20-18-47-16-14-45-12-10-36-40-35/h5-8,27,29,32H,9-26H2,1-4H3,(H,37,43)(H,38,42)(H,39,41)/t29-,32-/m0/s1. The Morgan fingerprint density at radius 2 is 1.04 bits per heavy atom. The average Bonchev–Trinajstić information content (AvgIpc) is 3.11. The summed E-state index contributed by atoms with van der Waals surface area (Å²) >= 11 is 0. The number of nitrogens with zero attached hydrogens (tertiary/aromatic N) is 3. The molecule has 0 aliphatic carbocycles. The van der Waals surface area contributed by atoms with E-state index in [1.165, 1.54) is 0 Å². The molecule has 2 atom stereocenters. The summed E-state index contributed by atoms with van der Waals surface area (Å²) < 4.78 is 43.3. The van der Waals surface area contributed by atoms with Crippen LogP contribution in [0.1, 0.15) is 32.8 Å². The fraction of sp³-hybridized carbons (Fsp3) is 0.735. The van der Waals surface area contributed by atoms with Crippen LogP contribution in [0.25, 0.3) is 10.4 Å². The molecular formula is C34H58N6O11. The lowest BCUT2D eigenvalue weighted by Gasteiger charge is -2.24. The number of carbonyl (C=O) groups excluding carboxylic acids is 3. The van der Waals surface area contributed by atoms with Gasteiger partial charge in [-0.25, -0.2) is 0 Å². The molecule has 0 aliphatic rings. The normalized spacial score (nSPS) is 12.3. The largest absolute Gasteiger partial charge is 0.379 e. The van der Waals surface area contributed by atoms with Crippen LogP contribution in [0, 0.1) is 12.8 Å². The van der Waals surface area contributed by atoms with E-state index in [0.717, 1.165) is 5.56 Å². The van der Waals surface area contributed by atoms with Crippen LogP contribution in [0.4, 0.5) is 5.69 Å². The van der Waals surface area contributed by atoms with Crippen molar-refractivity contribution in [2.75, 3.05) is 118 Å². The van der Waals surface area contributed by atoms with Crippen LogP contribution in [-0.4, -0.2) is 142 Å². The van der Waals surface area contributed by atoms with Gasteiger partial charge in [0.2, 0.25) is 17.7 Å². The average molecular weight is 727 g/mol. The van der Waals surface area contributed by atoms with E-state index in [2.05, 4.69) is 26.0 Å². The van der Waals surface area contributed by atoms with Gasteiger partial charge < -0.3 is 53.8 Å². The van der Waals surface area contributed by atoms with E-state index in [0.29, 0.717) is 111 Å². The van der Waals surface area contributed by atoms with E-state index in [1.807, 2.05) is 32.9 Å². The number of azide groups is 1. The van der Waals surface area contributed by atoms with Crippen molar-refractivity contribution in [1.29, 1.82) is 0 Å². The van der Waals surface area contributed by atoms with Gasteiger partial charge in [-0.3, -0.25) is 14.4 Å². The molecule has 290 valence electrons. The van der Waals surface area contributed by atoms with Crippen LogP contribution in [0.5, 0.6) is 0 Å². The lowest BCUT2D eigenvalue weighted by Crippen LogP contribution is -2.53. The topological polar surface area (TPSA) is 210 Å². The molecule has 0 spiro atoms. The van der Waals surface area contributed by atoms with Crippen LogP contribution in [0.2, 0.25) is 0 Å². The molecular weight excluding hydrogens is 668 g/mol. The van der Waals surface area contributed by atoms with Crippen molar-refractivity contribution < 1.29 is 52.3 Å². The SMILES string of the molecule is Cc1ccc(NC(=O)[C@H](C)NC(=O)[C@@H](NC(=O)CCOCCOCCOCCOCCOCCOCCOCCOCCN=[N+]=[N-])C(C)C)cc1. The molecule has 3 amide bonds.